The van der Waals surface area contributed by atoms with Crippen LogP contribution < -0.4 is 4.74 Å². The summed E-state index contributed by atoms with van der Waals surface area (Å²) >= 11 is 6.08. The maximum absolute atomic E-state index is 12.5. The molecule has 148 valence electrons. The molecule has 0 radical (unpaired) electrons. The topological polar surface area (TPSA) is 45.7 Å². The molecule has 1 amide bonds. The maximum atomic E-state index is 12.5. The quantitative estimate of drug-likeness (QED) is 0.632. The molecule has 6 heteroatoms. The van der Waals surface area contributed by atoms with E-state index in [4.69, 9.17) is 16.3 Å². The van der Waals surface area contributed by atoms with E-state index >= 15 is 0 Å². The van der Waals surface area contributed by atoms with Gasteiger partial charge in [0.15, 0.2) is 0 Å². The Kier molecular flexibility index (Phi) is 6.08. The first kappa shape index (κ1) is 19.4. The van der Waals surface area contributed by atoms with E-state index in [9.17, 15) is 4.79 Å². The molecule has 1 aliphatic heterocycles. The van der Waals surface area contributed by atoms with Crippen LogP contribution in [0.15, 0.2) is 79.1 Å². The van der Waals surface area contributed by atoms with Gasteiger partial charge < -0.3 is 9.64 Å². The van der Waals surface area contributed by atoms with E-state index in [2.05, 4.69) is 28.1 Å². The Morgan fingerprint density at radius 3 is 2.28 bits per heavy atom. The highest BCUT2D eigenvalue weighted by Gasteiger charge is 2.29. The highest BCUT2D eigenvalue weighted by atomic mass is 35.5. The zero-order valence-electron chi connectivity index (χ0n) is 15.9. The van der Waals surface area contributed by atoms with Crippen molar-refractivity contribution in [3.8, 4) is 5.75 Å². The Bertz CT molecular complexity index is 927. The molecule has 2 aromatic carbocycles. The number of ether oxygens (including phenoxy) is 1. The van der Waals surface area contributed by atoms with Crippen molar-refractivity contribution in [2.24, 2.45) is 0 Å². The number of benzene rings is 2. The molecular weight excluding hydrogens is 386 g/mol. The first-order valence-corrected chi connectivity index (χ1v) is 10.00. The summed E-state index contributed by atoms with van der Waals surface area (Å²) in [6, 6.07) is 21.2. The lowest BCUT2D eigenvalue weighted by molar-refractivity contribution is 0.0974. The number of nitrogens with zero attached hydrogens (tertiary/aromatic N) is 3. The number of rotatable bonds is 4. The van der Waals surface area contributed by atoms with Crippen LogP contribution >= 0.6 is 11.6 Å². The molecule has 0 N–H and O–H groups in total. The summed E-state index contributed by atoms with van der Waals surface area (Å²) in [5.74, 6) is 0.564. The number of piperazine rings is 1. The van der Waals surface area contributed by atoms with Crippen molar-refractivity contribution in [3.63, 3.8) is 0 Å². The highest BCUT2D eigenvalue weighted by Crippen LogP contribution is 2.30. The van der Waals surface area contributed by atoms with Gasteiger partial charge in [-0.1, -0.05) is 48.0 Å². The Balaban J connectivity index is 1.47. The molecule has 2 heterocycles. The average Bonchev–Trinajstić information content (AvgIpc) is 2.77. The van der Waals surface area contributed by atoms with Crippen LogP contribution in [0.5, 0.6) is 5.75 Å². The summed E-state index contributed by atoms with van der Waals surface area (Å²) in [4.78, 5) is 20.9. The molecule has 29 heavy (non-hydrogen) atoms. The molecule has 4 rings (SSSR count). The normalized spacial score (nSPS) is 15.7. The van der Waals surface area contributed by atoms with E-state index in [-0.39, 0.29) is 12.1 Å². The minimum atomic E-state index is -0.305. The highest BCUT2D eigenvalue weighted by molar-refractivity contribution is 6.30. The Morgan fingerprint density at radius 2 is 1.62 bits per heavy atom. The number of aromatic nitrogens is 1. The van der Waals surface area contributed by atoms with Gasteiger partial charge in [0, 0.05) is 43.6 Å². The number of amides is 1. The van der Waals surface area contributed by atoms with Gasteiger partial charge in [-0.05, 0) is 41.5 Å². The molecular formula is C23H22ClN3O2. The molecule has 0 bridgehead atoms. The summed E-state index contributed by atoms with van der Waals surface area (Å²) in [7, 11) is 0. The fourth-order valence-electron chi connectivity index (χ4n) is 3.61. The van der Waals surface area contributed by atoms with Crippen LogP contribution in [-0.2, 0) is 0 Å². The molecule has 1 saturated heterocycles. The van der Waals surface area contributed by atoms with E-state index in [1.54, 1.807) is 23.2 Å². The van der Waals surface area contributed by atoms with E-state index in [0.29, 0.717) is 23.9 Å². The van der Waals surface area contributed by atoms with Crippen LogP contribution in [0.2, 0.25) is 5.02 Å². The van der Waals surface area contributed by atoms with E-state index in [1.807, 2.05) is 42.6 Å². The van der Waals surface area contributed by atoms with Crippen molar-refractivity contribution in [3.05, 3.63) is 95.3 Å². The second-order valence-corrected chi connectivity index (χ2v) is 7.38. The molecule has 1 atom stereocenters. The van der Waals surface area contributed by atoms with Crippen LogP contribution in [0, 0.1) is 0 Å². The van der Waals surface area contributed by atoms with Gasteiger partial charge in [0.05, 0.1) is 6.04 Å². The third-order valence-electron chi connectivity index (χ3n) is 5.07. The molecule has 0 aliphatic carbocycles. The lowest BCUT2D eigenvalue weighted by Gasteiger charge is -2.39. The molecule has 1 fully saturated rings. The van der Waals surface area contributed by atoms with Crippen molar-refractivity contribution >= 4 is 17.7 Å². The van der Waals surface area contributed by atoms with Crippen molar-refractivity contribution < 1.29 is 9.53 Å². The van der Waals surface area contributed by atoms with E-state index in [1.165, 1.54) is 0 Å². The van der Waals surface area contributed by atoms with Gasteiger partial charge in [-0.2, -0.15) is 0 Å². The number of carbonyl (C=O) groups excluding carboxylic acids is 1. The standard InChI is InChI=1S/C23H22ClN3O2/c24-20-10-8-18(9-11-20)22(19-5-4-12-25-17-19)26-13-15-27(16-14-26)23(28)29-21-6-2-1-3-7-21/h1-12,17,22H,13-16H2. The van der Waals surface area contributed by atoms with Gasteiger partial charge in [-0.25, -0.2) is 4.79 Å². The molecule has 1 aromatic heterocycles. The molecule has 0 saturated carbocycles. The van der Waals surface area contributed by atoms with Crippen molar-refractivity contribution in [1.82, 2.24) is 14.8 Å². The zero-order valence-corrected chi connectivity index (χ0v) is 16.7. The molecule has 3 aromatic rings. The number of halogens is 1. The second-order valence-electron chi connectivity index (χ2n) is 6.94. The lowest BCUT2D eigenvalue weighted by atomic mass is 9.98. The smallest absolute Gasteiger partial charge is 0.410 e. The fraction of sp³-hybridized carbons (Fsp3) is 0.217. The van der Waals surface area contributed by atoms with Crippen LogP contribution in [0.1, 0.15) is 17.2 Å². The van der Waals surface area contributed by atoms with Crippen LogP contribution in [0.3, 0.4) is 0 Å². The maximum Gasteiger partial charge on any atom is 0.415 e. The van der Waals surface area contributed by atoms with Gasteiger partial charge in [0.2, 0.25) is 0 Å². The van der Waals surface area contributed by atoms with Crippen molar-refractivity contribution in [2.75, 3.05) is 26.2 Å². The lowest BCUT2D eigenvalue weighted by Crippen LogP contribution is -2.50. The molecule has 1 unspecified atom stereocenters. The summed E-state index contributed by atoms with van der Waals surface area (Å²) in [5.41, 5.74) is 2.28. The van der Waals surface area contributed by atoms with E-state index < -0.39 is 0 Å². The van der Waals surface area contributed by atoms with Gasteiger partial charge in [-0.15, -0.1) is 0 Å². The Morgan fingerprint density at radius 1 is 0.897 bits per heavy atom. The van der Waals surface area contributed by atoms with Gasteiger partial charge >= 0.3 is 6.09 Å². The predicted molar refractivity (Wildman–Crippen MR) is 113 cm³/mol. The Hall–Kier alpha value is -2.89. The van der Waals surface area contributed by atoms with Gasteiger partial charge in [0.25, 0.3) is 0 Å². The number of hydrogen-bond donors (Lipinski definition) is 0. The van der Waals surface area contributed by atoms with Crippen molar-refractivity contribution in [1.29, 1.82) is 0 Å². The number of pyridine rings is 1. The SMILES string of the molecule is O=C(Oc1ccccc1)N1CCN(C(c2ccc(Cl)cc2)c2cccnc2)CC1. The minimum Gasteiger partial charge on any atom is -0.410 e. The third-order valence-corrected chi connectivity index (χ3v) is 5.32. The molecule has 5 nitrogen and oxygen atoms in total. The summed E-state index contributed by atoms with van der Waals surface area (Å²) in [6.07, 6.45) is 3.37. The van der Waals surface area contributed by atoms with Crippen LogP contribution in [0.4, 0.5) is 4.79 Å². The average molecular weight is 408 g/mol. The predicted octanol–water partition coefficient (Wildman–Crippen LogP) is 4.64. The monoisotopic (exact) mass is 407 g/mol. The largest absolute Gasteiger partial charge is 0.415 e. The number of hydrogen-bond acceptors (Lipinski definition) is 4. The van der Waals surface area contributed by atoms with Gasteiger partial charge in [-0.3, -0.25) is 9.88 Å². The number of para-hydroxylation sites is 1. The molecule has 1 aliphatic rings. The minimum absolute atomic E-state index is 0.0632. The third kappa shape index (κ3) is 4.75. The number of carbonyl (C=O) groups is 1. The van der Waals surface area contributed by atoms with Crippen LogP contribution in [-0.4, -0.2) is 47.1 Å². The van der Waals surface area contributed by atoms with Crippen molar-refractivity contribution in [2.45, 2.75) is 6.04 Å². The Labute approximate surface area is 175 Å². The van der Waals surface area contributed by atoms with Gasteiger partial charge in [0.1, 0.15) is 5.75 Å². The summed E-state index contributed by atoms with van der Waals surface area (Å²) in [6.45, 7) is 2.70. The first-order chi connectivity index (χ1) is 14.2. The first-order valence-electron chi connectivity index (χ1n) is 9.62. The van der Waals surface area contributed by atoms with E-state index in [0.717, 1.165) is 24.2 Å². The van der Waals surface area contributed by atoms with Crippen LogP contribution in [0.25, 0.3) is 0 Å². The zero-order chi connectivity index (χ0) is 20.1. The second kappa shape index (κ2) is 9.07. The summed E-state index contributed by atoms with van der Waals surface area (Å²) < 4.78 is 5.48. The fourth-order valence-corrected chi connectivity index (χ4v) is 3.74. The summed E-state index contributed by atoms with van der Waals surface area (Å²) in [5, 5.41) is 0.715. The molecule has 0 spiro atoms.